The molecule has 3 heterocycles. The molecule has 0 atom stereocenters. The van der Waals surface area contributed by atoms with E-state index in [0.717, 1.165) is 21.9 Å². The van der Waals surface area contributed by atoms with Crippen LogP contribution in [0.2, 0.25) is 0 Å². The quantitative estimate of drug-likeness (QED) is 0.469. The van der Waals surface area contributed by atoms with Crippen LogP contribution >= 0.6 is 0 Å². The van der Waals surface area contributed by atoms with Gasteiger partial charge in [-0.05, 0) is 46.8 Å². The average Bonchev–Trinajstić information content (AvgIpc) is 2.76. The first-order valence-electron chi connectivity index (χ1n) is 9.12. The molecule has 2 aromatic carbocycles. The Hall–Kier alpha value is -3.93. The first-order chi connectivity index (χ1) is 14.2. The number of pyridine rings is 2. The smallest absolute Gasteiger partial charge is 0.269 e. The van der Waals surface area contributed by atoms with E-state index in [4.69, 9.17) is 0 Å². The maximum atomic E-state index is 14.9. The second-order valence-corrected chi connectivity index (χ2v) is 6.77. The lowest BCUT2D eigenvalue weighted by atomic mass is 10.0. The van der Waals surface area contributed by atoms with Gasteiger partial charge in [-0.2, -0.15) is 0 Å². The van der Waals surface area contributed by atoms with E-state index in [1.165, 1.54) is 16.8 Å². The van der Waals surface area contributed by atoms with Crippen LogP contribution in [0.1, 0.15) is 5.56 Å². The molecular weight excluding hydrogens is 367 g/mol. The van der Waals surface area contributed by atoms with Gasteiger partial charge in [-0.1, -0.05) is 24.3 Å². The third-order valence-electron chi connectivity index (χ3n) is 4.98. The summed E-state index contributed by atoms with van der Waals surface area (Å²) in [5.41, 5.74) is 2.86. The van der Waals surface area contributed by atoms with E-state index >= 15 is 0 Å². The number of benzene rings is 2. The summed E-state index contributed by atoms with van der Waals surface area (Å²) in [6, 6.07) is 16.4. The van der Waals surface area contributed by atoms with Crippen LogP contribution in [0, 0.1) is 5.82 Å². The number of fused-ring (bicyclic) bond motifs is 2. The second-order valence-electron chi connectivity index (χ2n) is 6.77. The van der Waals surface area contributed by atoms with Crippen LogP contribution in [0.15, 0.2) is 84.2 Å². The van der Waals surface area contributed by atoms with Crippen molar-refractivity contribution in [2.24, 2.45) is 0 Å². The summed E-state index contributed by atoms with van der Waals surface area (Å²) < 4.78 is 16.4. The molecule has 0 N–H and O–H groups in total. The van der Waals surface area contributed by atoms with Gasteiger partial charge in [-0.3, -0.25) is 14.3 Å². The Kier molecular flexibility index (Phi) is 4.09. The Bertz CT molecular complexity index is 1430. The number of halogens is 1. The Labute approximate surface area is 165 Å². The molecule has 0 unspecified atom stereocenters. The SMILES string of the molecule is O=c1cnc2ncccc2n1Cc1ccc(-c2ccc3cnccc3c2)cc1F. The summed E-state index contributed by atoms with van der Waals surface area (Å²) in [5.74, 6) is -0.363. The van der Waals surface area contributed by atoms with Crippen molar-refractivity contribution in [3.05, 3.63) is 101 Å². The highest BCUT2D eigenvalue weighted by molar-refractivity contribution is 5.86. The van der Waals surface area contributed by atoms with E-state index in [0.29, 0.717) is 16.7 Å². The Morgan fingerprint density at radius 3 is 2.62 bits per heavy atom. The van der Waals surface area contributed by atoms with E-state index < -0.39 is 0 Å². The zero-order chi connectivity index (χ0) is 19.8. The molecule has 5 rings (SSSR count). The van der Waals surface area contributed by atoms with Gasteiger partial charge in [0.25, 0.3) is 5.56 Å². The highest BCUT2D eigenvalue weighted by atomic mass is 19.1. The van der Waals surface area contributed by atoms with Crippen molar-refractivity contribution in [2.45, 2.75) is 6.54 Å². The van der Waals surface area contributed by atoms with Crippen molar-refractivity contribution in [1.29, 1.82) is 0 Å². The summed E-state index contributed by atoms with van der Waals surface area (Å²) in [6.07, 6.45) is 6.36. The predicted octanol–water partition coefficient (Wildman–Crippen LogP) is 4.19. The van der Waals surface area contributed by atoms with E-state index in [-0.39, 0.29) is 17.9 Å². The number of rotatable bonds is 3. The first kappa shape index (κ1) is 17.2. The summed E-state index contributed by atoms with van der Waals surface area (Å²) in [4.78, 5) is 24.6. The van der Waals surface area contributed by atoms with Crippen LogP contribution in [-0.2, 0) is 6.54 Å². The molecular formula is C23H15FN4O. The van der Waals surface area contributed by atoms with Gasteiger partial charge in [0.2, 0.25) is 0 Å². The van der Waals surface area contributed by atoms with Crippen LogP contribution in [0.3, 0.4) is 0 Å². The Morgan fingerprint density at radius 1 is 0.862 bits per heavy atom. The van der Waals surface area contributed by atoms with Gasteiger partial charge in [0.05, 0.1) is 18.3 Å². The Balaban J connectivity index is 1.53. The largest absolute Gasteiger partial charge is 0.299 e. The van der Waals surface area contributed by atoms with Crippen molar-refractivity contribution in [3.8, 4) is 11.1 Å². The highest BCUT2D eigenvalue weighted by Gasteiger charge is 2.10. The molecule has 0 aliphatic carbocycles. The van der Waals surface area contributed by atoms with Crippen LogP contribution in [-0.4, -0.2) is 19.5 Å². The third kappa shape index (κ3) is 3.14. The lowest BCUT2D eigenvalue weighted by molar-refractivity contribution is 0.599. The molecule has 5 nitrogen and oxygen atoms in total. The van der Waals surface area contributed by atoms with Crippen molar-refractivity contribution < 1.29 is 4.39 Å². The standard InChI is InChI=1S/C23H15FN4O/c24-20-11-16(15-3-5-18-12-25-9-7-17(18)10-15)4-6-19(20)14-28-21-2-1-8-26-23(21)27-13-22(28)29/h1-13H,14H2. The fourth-order valence-corrected chi connectivity index (χ4v) is 3.45. The fourth-order valence-electron chi connectivity index (χ4n) is 3.45. The topological polar surface area (TPSA) is 60.7 Å². The first-order valence-corrected chi connectivity index (χ1v) is 9.12. The van der Waals surface area contributed by atoms with Crippen molar-refractivity contribution >= 4 is 21.9 Å². The molecule has 0 saturated carbocycles. The summed E-state index contributed by atoms with van der Waals surface area (Å²) in [7, 11) is 0. The number of nitrogens with zero attached hydrogens (tertiary/aromatic N) is 4. The molecule has 0 saturated heterocycles. The van der Waals surface area contributed by atoms with E-state index in [9.17, 15) is 9.18 Å². The van der Waals surface area contributed by atoms with E-state index in [2.05, 4.69) is 15.0 Å². The minimum Gasteiger partial charge on any atom is -0.299 e. The molecule has 0 bridgehead atoms. The molecule has 0 radical (unpaired) electrons. The lowest BCUT2D eigenvalue weighted by Gasteiger charge is -2.11. The van der Waals surface area contributed by atoms with E-state index in [1.54, 1.807) is 36.8 Å². The Morgan fingerprint density at radius 2 is 1.72 bits per heavy atom. The summed E-state index contributed by atoms with van der Waals surface area (Å²) >= 11 is 0. The maximum Gasteiger partial charge on any atom is 0.269 e. The van der Waals surface area contributed by atoms with Gasteiger partial charge in [-0.25, -0.2) is 14.4 Å². The molecule has 0 amide bonds. The monoisotopic (exact) mass is 382 g/mol. The zero-order valence-electron chi connectivity index (χ0n) is 15.3. The van der Waals surface area contributed by atoms with Crippen molar-refractivity contribution in [2.75, 3.05) is 0 Å². The number of aromatic nitrogens is 4. The maximum absolute atomic E-state index is 14.9. The molecule has 5 aromatic rings. The number of hydrogen-bond acceptors (Lipinski definition) is 4. The summed E-state index contributed by atoms with van der Waals surface area (Å²) in [5, 5.41) is 2.08. The lowest BCUT2D eigenvalue weighted by Crippen LogP contribution is -2.21. The minimum absolute atomic E-state index is 0.110. The molecule has 0 aliphatic rings. The zero-order valence-corrected chi connectivity index (χ0v) is 15.3. The summed E-state index contributed by atoms with van der Waals surface area (Å²) in [6.45, 7) is 0.110. The minimum atomic E-state index is -0.363. The fraction of sp³-hybridized carbons (Fsp3) is 0.0435. The van der Waals surface area contributed by atoms with Gasteiger partial charge in [-0.15, -0.1) is 0 Å². The molecule has 0 fully saturated rings. The molecule has 0 spiro atoms. The average molecular weight is 382 g/mol. The van der Waals surface area contributed by atoms with Gasteiger partial charge in [0.15, 0.2) is 5.65 Å². The third-order valence-corrected chi connectivity index (χ3v) is 4.98. The highest BCUT2D eigenvalue weighted by Crippen LogP contribution is 2.26. The molecule has 29 heavy (non-hydrogen) atoms. The van der Waals surface area contributed by atoms with Gasteiger partial charge >= 0.3 is 0 Å². The van der Waals surface area contributed by atoms with Crippen molar-refractivity contribution in [1.82, 2.24) is 19.5 Å². The van der Waals surface area contributed by atoms with Gasteiger partial charge in [0.1, 0.15) is 5.82 Å². The van der Waals surface area contributed by atoms with Crippen molar-refractivity contribution in [3.63, 3.8) is 0 Å². The van der Waals surface area contributed by atoms with Crippen LogP contribution in [0.4, 0.5) is 4.39 Å². The van der Waals surface area contributed by atoms with Crippen LogP contribution in [0.25, 0.3) is 33.1 Å². The van der Waals surface area contributed by atoms with E-state index in [1.807, 2.05) is 30.3 Å². The molecule has 3 aromatic heterocycles. The van der Waals surface area contributed by atoms with Crippen LogP contribution in [0.5, 0.6) is 0 Å². The number of hydrogen-bond donors (Lipinski definition) is 0. The molecule has 6 heteroatoms. The normalized spacial score (nSPS) is 11.2. The van der Waals surface area contributed by atoms with Gasteiger partial charge < -0.3 is 0 Å². The molecule has 0 aliphatic heterocycles. The van der Waals surface area contributed by atoms with Gasteiger partial charge in [0, 0.05) is 29.5 Å². The van der Waals surface area contributed by atoms with Crippen LogP contribution < -0.4 is 5.56 Å². The second kappa shape index (κ2) is 6.91. The predicted molar refractivity (Wildman–Crippen MR) is 110 cm³/mol. The molecule has 140 valence electrons.